The Hall–Kier alpha value is -1.89. The van der Waals surface area contributed by atoms with Gasteiger partial charge in [-0.15, -0.1) is 0 Å². The van der Waals surface area contributed by atoms with Crippen LogP contribution >= 0.6 is 0 Å². The fraction of sp³-hybridized carbons (Fsp3) is 0.533. The van der Waals surface area contributed by atoms with Crippen LogP contribution in [0.15, 0.2) is 18.2 Å². The second-order valence-electron chi connectivity index (χ2n) is 5.57. The van der Waals surface area contributed by atoms with Crippen LogP contribution in [-0.4, -0.2) is 36.3 Å². The fourth-order valence-electron chi connectivity index (χ4n) is 2.17. The highest BCUT2D eigenvalue weighted by molar-refractivity contribution is 5.89. The molecule has 1 aliphatic rings. The van der Waals surface area contributed by atoms with Crippen molar-refractivity contribution in [1.29, 1.82) is 0 Å². The maximum Gasteiger partial charge on any atom is 0.319 e. The van der Waals surface area contributed by atoms with Crippen molar-refractivity contribution in [2.24, 2.45) is 0 Å². The number of amides is 2. The lowest BCUT2D eigenvalue weighted by Crippen LogP contribution is -2.48. The smallest absolute Gasteiger partial charge is 0.319 e. The molecule has 0 spiro atoms. The summed E-state index contributed by atoms with van der Waals surface area (Å²) >= 11 is 0. The molecule has 1 fully saturated rings. The third kappa shape index (κ3) is 4.56. The molecule has 7 heteroatoms. The lowest BCUT2D eigenvalue weighted by atomic mass is 9.80. The number of aliphatic hydroxyl groups is 1. The summed E-state index contributed by atoms with van der Waals surface area (Å²) in [6, 6.07) is 4.37. The molecular weight excluding hydrogens is 294 g/mol. The van der Waals surface area contributed by atoms with Gasteiger partial charge in [0.15, 0.2) is 0 Å². The predicted molar refractivity (Wildman–Crippen MR) is 78.5 cm³/mol. The Morgan fingerprint density at radius 1 is 1.45 bits per heavy atom. The maximum absolute atomic E-state index is 12.2. The molecule has 1 saturated carbocycles. The Kier molecular flexibility index (Phi) is 5.18. The van der Waals surface area contributed by atoms with Gasteiger partial charge in [0, 0.05) is 18.3 Å². The summed E-state index contributed by atoms with van der Waals surface area (Å²) in [6.45, 7) is 1.24. The first-order valence-corrected chi connectivity index (χ1v) is 7.17. The highest BCUT2D eigenvalue weighted by Gasteiger charge is 2.34. The first-order valence-electron chi connectivity index (χ1n) is 7.17. The van der Waals surface area contributed by atoms with E-state index in [1.807, 2.05) is 0 Å². The lowest BCUT2D eigenvalue weighted by Gasteiger charge is -2.36. The number of carbonyl (C=O) groups excluding carboxylic acids is 1. The molecule has 0 saturated heterocycles. The molecule has 0 bridgehead atoms. The Morgan fingerprint density at radius 2 is 2.18 bits per heavy atom. The molecule has 0 unspecified atom stereocenters. The van der Waals surface area contributed by atoms with Crippen molar-refractivity contribution in [3.8, 4) is 5.75 Å². The average molecular weight is 314 g/mol. The third-order valence-electron chi connectivity index (χ3n) is 3.67. The van der Waals surface area contributed by atoms with Gasteiger partial charge in [-0.1, -0.05) is 6.07 Å². The van der Waals surface area contributed by atoms with E-state index in [1.54, 1.807) is 19.1 Å². The third-order valence-corrected chi connectivity index (χ3v) is 3.67. The number of ether oxygens (including phenoxy) is 1. The van der Waals surface area contributed by atoms with E-state index in [0.29, 0.717) is 29.8 Å². The van der Waals surface area contributed by atoms with E-state index in [0.717, 1.165) is 6.42 Å². The summed E-state index contributed by atoms with van der Waals surface area (Å²) in [4.78, 5) is 11.8. The highest BCUT2D eigenvalue weighted by Crippen LogP contribution is 2.30. The SMILES string of the molecule is Cc1ccc(NC(=O)NCC2(O)CCC2)cc1OCC(F)F. The predicted octanol–water partition coefficient (Wildman–Crippen LogP) is 2.68. The number of urea groups is 1. The topological polar surface area (TPSA) is 70.6 Å². The molecule has 1 aromatic rings. The molecule has 0 heterocycles. The van der Waals surface area contributed by atoms with Crippen molar-refractivity contribution < 1.29 is 23.4 Å². The molecule has 0 atom stereocenters. The molecule has 22 heavy (non-hydrogen) atoms. The molecule has 0 aromatic heterocycles. The van der Waals surface area contributed by atoms with E-state index in [4.69, 9.17) is 4.74 Å². The van der Waals surface area contributed by atoms with Crippen molar-refractivity contribution in [1.82, 2.24) is 5.32 Å². The molecule has 122 valence electrons. The van der Waals surface area contributed by atoms with Crippen LogP contribution in [0.1, 0.15) is 24.8 Å². The van der Waals surface area contributed by atoms with Gasteiger partial charge in [0.25, 0.3) is 6.43 Å². The number of anilines is 1. The van der Waals surface area contributed by atoms with Crippen molar-refractivity contribution in [3.63, 3.8) is 0 Å². The van der Waals surface area contributed by atoms with Gasteiger partial charge in [-0.25, -0.2) is 13.6 Å². The molecule has 1 aromatic carbocycles. The van der Waals surface area contributed by atoms with Crippen LogP contribution in [0.25, 0.3) is 0 Å². The monoisotopic (exact) mass is 314 g/mol. The summed E-state index contributed by atoms with van der Waals surface area (Å²) in [6.07, 6.45) is -0.224. The van der Waals surface area contributed by atoms with Crippen LogP contribution in [0.5, 0.6) is 5.75 Å². The molecular formula is C15H20F2N2O3. The number of halogens is 2. The van der Waals surface area contributed by atoms with Gasteiger partial charge >= 0.3 is 6.03 Å². The maximum atomic E-state index is 12.2. The van der Waals surface area contributed by atoms with E-state index in [1.165, 1.54) is 6.07 Å². The second kappa shape index (κ2) is 6.91. The Morgan fingerprint density at radius 3 is 2.77 bits per heavy atom. The number of hydrogen-bond donors (Lipinski definition) is 3. The van der Waals surface area contributed by atoms with E-state index < -0.39 is 24.7 Å². The molecule has 0 aliphatic heterocycles. The standard InChI is InChI=1S/C15H20F2N2O3/c1-10-3-4-11(7-12(10)22-8-13(16)17)19-14(20)18-9-15(21)5-2-6-15/h3-4,7,13,21H,2,5-6,8-9H2,1H3,(H2,18,19,20). The normalized spacial score (nSPS) is 16.0. The zero-order valence-corrected chi connectivity index (χ0v) is 12.4. The fourth-order valence-corrected chi connectivity index (χ4v) is 2.17. The highest BCUT2D eigenvalue weighted by atomic mass is 19.3. The molecule has 0 radical (unpaired) electrons. The summed E-state index contributed by atoms with van der Waals surface area (Å²) in [5, 5.41) is 15.1. The minimum Gasteiger partial charge on any atom is -0.487 e. The quantitative estimate of drug-likeness (QED) is 0.756. The van der Waals surface area contributed by atoms with Crippen LogP contribution in [-0.2, 0) is 0 Å². The Balaban J connectivity index is 1.88. The lowest BCUT2D eigenvalue weighted by molar-refractivity contribution is -0.0287. The van der Waals surface area contributed by atoms with Gasteiger partial charge < -0.3 is 20.5 Å². The first-order chi connectivity index (χ1) is 10.4. The summed E-state index contributed by atoms with van der Waals surface area (Å²) in [5.41, 5.74) is 0.347. The van der Waals surface area contributed by atoms with Crippen LogP contribution < -0.4 is 15.4 Å². The number of rotatable bonds is 6. The minimum absolute atomic E-state index is 0.194. The summed E-state index contributed by atoms with van der Waals surface area (Å²) < 4.78 is 29.4. The zero-order chi connectivity index (χ0) is 16.2. The van der Waals surface area contributed by atoms with Crippen LogP contribution in [0, 0.1) is 6.92 Å². The largest absolute Gasteiger partial charge is 0.487 e. The Labute approximate surface area is 127 Å². The minimum atomic E-state index is -2.55. The number of hydrogen-bond acceptors (Lipinski definition) is 3. The summed E-state index contributed by atoms with van der Waals surface area (Å²) in [7, 11) is 0. The zero-order valence-electron chi connectivity index (χ0n) is 12.4. The van der Waals surface area contributed by atoms with Crippen molar-refractivity contribution >= 4 is 11.7 Å². The molecule has 2 rings (SSSR count). The van der Waals surface area contributed by atoms with Gasteiger partial charge in [0.1, 0.15) is 12.4 Å². The van der Waals surface area contributed by atoms with E-state index >= 15 is 0 Å². The van der Waals surface area contributed by atoms with Gasteiger partial charge in [-0.3, -0.25) is 0 Å². The number of aryl methyl sites for hydroxylation is 1. The number of carbonyl (C=O) groups is 1. The number of nitrogens with one attached hydrogen (secondary N) is 2. The van der Waals surface area contributed by atoms with Crippen molar-refractivity contribution in [2.45, 2.75) is 38.2 Å². The van der Waals surface area contributed by atoms with Gasteiger partial charge in [0.05, 0.1) is 5.60 Å². The van der Waals surface area contributed by atoms with E-state index in [-0.39, 0.29) is 6.54 Å². The van der Waals surface area contributed by atoms with Crippen LogP contribution in [0.3, 0.4) is 0 Å². The van der Waals surface area contributed by atoms with Gasteiger partial charge in [-0.2, -0.15) is 0 Å². The van der Waals surface area contributed by atoms with Gasteiger partial charge in [-0.05, 0) is 37.8 Å². The van der Waals surface area contributed by atoms with Crippen LogP contribution in [0.4, 0.5) is 19.3 Å². The average Bonchev–Trinajstić information content (AvgIpc) is 2.43. The van der Waals surface area contributed by atoms with Crippen molar-refractivity contribution in [2.75, 3.05) is 18.5 Å². The van der Waals surface area contributed by atoms with E-state index in [2.05, 4.69) is 10.6 Å². The molecule has 2 amide bonds. The molecule has 1 aliphatic carbocycles. The summed E-state index contributed by atoms with van der Waals surface area (Å²) in [5.74, 6) is 0.302. The van der Waals surface area contributed by atoms with E-state index in [9.17, 15) is 18.7 Å². The Bertz CT molecular complexity index is 534. The van der Waals surface area contributed by atoms with Crippen molar-refractivity contribution in [3.05, 3.63) is 23.8 Å². The second-order valence-corrected chi connectivity index (χ2v) is 5.57. The van der Waals surface area contributed by atoms with Gasteiger partial charge in [0.2, 0.25) is 0 Å². The number of alkyl halides is 2. The van der Waals surface area contributed by atoms with Crippen LogP contribution in [0.2, 0.25) is 0 Å². The number of benzene rings is 1. The molecule has 3 N–H and O–H groups in total. The first kappa shape index (κ1) is 16.5. The molecule has 5 nitrogen and oxygen atoms in total.